The number of ether oxygens (including phenoxy) is 1. The Bertz CT molecular complexity index is 1150. The summed E-state index contributed by atoms with van der Waals surface area (Å²) in [7, 11) is 0. The van der Waals surface area contributed by atoms with Crippen LogP contribution in [0.2, 0.25) is 0 Å². The highest BCUT2D eigenvalue weighted by Gasteiger charge is 2.27. The molecule has 4 rings (SSSR count). The lowest BCUT2D eigenvalue weighted by molar-refractivity contribution is 0.299. The maximum atomic E-state index is 9.90. The third kappa shape index (κ3) is 4.80. The summed E-state index contributed by atoms with van der Waals surface area (Å²) in [6.45, 7) is 5.01. The molecule has 0 unspecified atom stereocenters. The lowest BCUT2D eigenvalue weighted by Crippen LogP contribution is -2.41. The molecule has 1 heterocycles. The minimum Gasteiger partial charge on any atom is -0.487 e. The van der Waals surface area contributed by atoms with Gasteiger partial charge in [-0.1, -0.05) is 72.8 Å². The molecule has 1 N–H and O–H groups in total. The Morgan fingerprint density at radius 2 is 1.66 bits per heavy atom. The monoisotopic (exact) mass is 421 g/mol. The molecule has 3 aromatic rings. The molecule has 0 saturated carbocycles. The number of hydrogen-bond donors (Lipinski definition) is 1. The maximum absolute atomic E-state index is 9.90. The smallest absolute Gasteiger partial charge is 0.144 e. The quantitative estimate of drug-likeness (QED) is 0.509. The first-order chi connectivity index (χ1) is 15.6. The number of hydrogen-bond acceptors (Lipinski definition) is 4. The van der Waals surface area contributed by atoms with Crippen molar-refractivity contribution < 1.29 is 4.74 Å². The van der Waals surface area contributed by atoms with Gasteiger partial charge >= 0.3 is 0 Å². The average molecular weight is 422 g/mol. The normalized spacial score (nSPS) is 19.5. The lowest BCUT2D eigenvalue weighted by Gasteiger charge is -2.26. The summed E-state index contributed by atoms with van der Waals surface area (Å²) in [5.41, 5.74) is 4.41. The summed E-state index contributed by atoms with van der Waals surface area (Å²) in [6, 6.07) is 22.8. The van der Waals surface area contributed by atoms with Gasteiger partial charge in [-0.15, -0.1) is 0 Å². The van der Waals surface area contributed by atoms with Gasteiger partial charge in [0, 0.05) is 18.7 Å². The van der Waals surface area contributed by atoms with Gasteiger partial charge < -0.3 is 4.74 Å². The third-order valence-electron chi connectivity index (χ3n) is 5.86. The van der Waals surface area contributed by atoms with Crippen molar-refractivity contribution in [2.75, 3.05) is 0 Å². The third-order valence-corrected chi connectivity index (χ3v) is 5.86. The van der Waals surface area contributed by atoms with Gasteiger partial charge in [-0.3, -0.25) is 10.3 Å². The van der Waals surface area contributed by atoms with E-state index in [4.69, 9.17) is 4.74 Å². The van der Waals surface area contributed by atoms with Crippen LogP contribution in [0.25, 0.3) is 0 Å². The van der Waals surface area contributed by atoms with Crippen LogP contribution in [0.3, 0.4) is 0 Å². The molecule has 0 bridgehead atoms. The fourth-order valence-corrected chi connectivity index (χ4v) is 3.87. The van der Waals surface area contributed by atoms with Crippen LogP contribution in [0, 0.1) is 25.2 Å². The number of aromatic nitrogens is 1. The van der Waals surface area contributed by atoms with Gasteiger partial charge in [0.25, 0.3) is 0 Å². The number of nitrogens with one attached hydrogen (secondary N) is 1. The van der Waals surface area contributed by atoms with Gasteiger partial charge in [0.2, 0.25) is 0 Å². The number of pyridine rings is 1. The molecular formula is C28H27N3O. The molecule has 1 aliphatic rings. The van der Waals surface area contributed by atoms with E-state index in [0.29, 0.717) is 13.2 Å². The van der Waals surface area contributed by atoms with Crippen LogP contribution in [0.15, 0.2) is 91.2 Å². The minimum absolute atomic E-state index is 0.181. The zero-order valence-electron chi connectivity index (χ0n) is 18.5. The highest BCUT2D eigenvalue weighted by molar-refractivity contribution is 5.43. The summed E-state index contributed by atoms with van der Waals surface area (Å²) in [6.07, 6.45) is 9.93. The summed E-state index contributed by atoms with van der Waals surface area (Å²) in [5.74, 6) is 0.985. The molecule has 32 heavy (non-hydrogen) atoms. The van der Waals surface area contributed by atoms with Gasteiger partial charge in [0.1, 0.15) is 17.9 Å². The number of rotatable bonds is 7. The van der Waals surface area contributed by atoms with Crippen molar-refractivity contribution in [3.05, 3.63) is 119 Å². The molecule has 4 heteroatoms. The van der Waals surface area contributed by atoms with Crippen molar-refractivity contribution in [1.29, 1.82) is 5.26 Å². The van der Waals surface area contributed by atoms with Crippen LogP contribution in [-0.2, 0) is 13.2 Å². The molecule has 1 aliphatic carbocycles. The van der Waals surface area contributed by atoms with Crippen LogP contribution in [-0.4, -0.2) is 10.5 Å². The lowest BCUT2D eigenvalue weighted by atomic mass is 9.87. The van der Waals surface area contributed by atoms with E-state index in [9.17, 15) is 5.26 Å². The first-order valence-electron chi connectivity index (χ1n) is 10.8. The molecule has 0 fully saturated rings. The Hall–Kier alpha value is -3.68. The number of nitrogens with zero attached hydrogens (tertiary/aromatic N) is 2. The largest absolute Gasteiger partial charge is 0.487 e. The molecule has 4 nitrogen and oxygen atoms in total. The van der Waals surface area contributed by atoms with Crippen molar-refractivity contribution in [2.24, 2.45) is 0 Å². The SMILES string of the molecule is Cc1ncc(CNC2(C#N)C=CC(c3ccccc3)C=C2)c(C)c1OCc1ccccc1. The average Bonchev–Trinajstić information content (AvgIpc) is 2.85. The second-order valence-corrected chi connectivity index (χ2v) is 8.09. The standard InChI is InChI=1S/C28H27N3O/c1-21-26(17-30-22(2)27(21)32-19-23-9-5-3-6-10-23)18-31-28(20-29)15-13-25(14-16-28)24-11-7-4-8-12-24/h3-17,25,31H,18-19H2,1-2H3. The second-order valence-electron chi connectivity index (χ2n) is 8.09. The van der Waals surface area contributed by atoms with Crippen LogP contribution in [0.4, 0.5) is 0 Å². The van der Waals surface area contributed by atoms with Crippen LogP contribution in [0.1, 0.15) is 33.9 Å². The van der Waals surface area contributed by atoms with Crippen molar-refractivity contribution in [3.63, 3.8) is 0 Å². The van der Waals surface area contributed by atoms with Crippen molar-refractivity contribution in [1.82, 2.24) is 10.3 Å². The molecule has 0 atom stereocenters. The predicted octanol–water partition coefficient (Wildman–Crippen LogP) is 5.54. The number of aryl methyl sites for hydroxylation is 1. The molecule has 0 aliphatic heterocycles. The molecule has 0 radical (unpaired) electrons. The Labute approximate surface area is 189 Å². The number of nitriles is 1. The minimum atomic E-state index is -0.840. The predicted molar refractivity (Wildman–Crippen MR) is 127 cm³/mol. The summed E-state index contributed by atoms with van der Waals surface area (Å²) in [4.78, 5) is 4.53. The zero-order chi connectivity index (χ0) is 22.4. The first-order valence-corrected chi connectivity index (χ1v) is 10.8. The molecule has 0 spiro atoms. The van der Waals surface area contributed by atoms with Gasteiger partial charge in [-0.2, -0.15) is 5.26 Å². The first kappa shape index (κ1) is 21.5. The number of allylic oxidation sites excluding steroid dienone is 2. The Balaban J connectivity index is 1.46. The molecule has 0 saturated heterocycles. The van der Waals surface area contributed by atoms with E-state index in [1.54, 1.807) is 0 Å². The molecular weight excluding hydrogens is 394 g/mol. The summed E-state index contributed by atoms with van der Waals surface area (Å²) < 4.78 is 6.12. The van der Waals surface area contributed by atoms with E-state index in [1.165, 1.54) is 5.56 Å². The van der Waals surface area contributed by atoms with Gasteiger partial charge in [0.15, 0.2) is 0 Å². The van der Waals surface area contributed by atoms with E-state index in [2.05, 4.69) is 40.7 Å². The Morgan fingerprint density at radius 3 is 2.31 bits per heavy atom. The maximum Gasteiger partial charge on any atom is 0.144 e. The molecule has 1 aromatic heterocycles. The molecule has 160 valence electrons. The van der Waals surface area contributed by atoms with Gasteiger partial charge in [-0.05, 0) is 48.3 Å². The fourth-order valence-electron chi connectivity index (χ4n) is 3.87. The van der Waals surface area contributed by atoms with Crippen LogP contribution < -0.4 is 10.1 Å². The van der Waals surface area contributed by atoms with E-state index in [0.717, 1.165) is 28.1 Å². The molecule has 0 amide bonds. The van der Waals surface area contributed by atoms with Gasteiger partial charge in [0.05, 0.1) is 11.8 Å². The Kier molecular flexibility index (Phi) is 6.49. The van der Waals surface area contributed by atoms with Crippen molar-refractivity contribution in [3.8, 4) is 11.8 Å². The van der Waals surface area contributed by atoms with E-state index in [1.807, 2.05) is 80.7 Å². The summed E-state index contributed by atoms with van der Waals surface area (Å²) in [5, 5.41) is 13.3. The second kappa shape index (κ2) is 9.64. The van der Waals surface area contributed by atoms with Crippen LogP contribution >= 0.6 is 0 Å². The zero-order valence-corrected chi connectivity index (χ0v) is 18.5. The fraction of sp³-hybridized carbons (Fsp3) is 0.214. The topological polar surface area (TPSA) is 57.9 Å². The van der Waals surface area contributed by atoms with E-state index in [-0.39, 0.29) is 5.92 Å². The van der Waals surface area contributed by atoms with Crippen molar-refractivity contribution in [2.45, 2.75) is 38.5 Å². The summed E-state index contributed by atoms with van der Waals surface area (Å²) >= 11 is 0. The highest BCUT2D eigenvalue weighted by atomic mass is 16.5. The van der Waals surface area contributed by atoms with Crippen LogP contribution in [0.5, 0.6) is 5.75 Å². The highest BCUT2D eigenvalue weighted by Crippen LogP contribution is 2.28. The van der Waals surface area contributed by atoms with Crippen molar-refractivity contribution >= 4 is 0 Å². The van der Waals surface area contributed by atoms with E-state index < -0.39 is 5.54 Å². The Morgan fingerprint density at radius 1 is 1.00 bits per heavy atom. The van der Waals surface area contributed by atoms with Gasteiger partial charge in [-0.25, -0.2) is 0 Å². The molecule has 2 aromatic carbocycles. The van der Waals surface area contributed by atoms with E-state index >= 15 is 0 Å². The number of benzene rings is 2.